The molecule has 0 radical (unpaired) electrons. The molecule has 0 saturated carbocycles. The minimum absolute atomic E-state index is 0.116. The maximum atomic E-state index is 6.07. The van der Waals surface area contributed by atoms with Crippen molar-refractivity contribution in [2.24, 2.45) is 0 Å². The van der Waals surface area contributed by atoms with Crippen molar-refractivity contribution in [3.63, 3.8) is 0 Å². The van der Waals surface area contributed by atoms with Crippen molar-refractivity contribution in [3.05, 3.63) is 41.2 Å². The molecule has 0 bridgehead atoms. The van der Waals surface area contributed by atoms with Gasteiger partial charge in [0.2, 0.25) is 5.95 Å². The molecule has 8 heteroatoms. The Morgan fingerprint density at radius 1 is 1.11 bits per heavy atom. The van der Waals surface area contributed by atoms with E-state index in [2.05, 4.69) is 39.0 Å². The molecule has 1 saturated heterocycles. The van der Waals surface area contributed by atoms with E-state index in [4.69, 9.17) is 21.3 Å². The van der Waals surface area contributed by atoms with Gasteiger partial charge in [-0.2, -0.15) is 9.97 Å². The zero-order chi connectivity index (χ0) is 19.0. The lowest BCUT2D eigenvalue weighted by molar-refractivity contribution is -0.00569. The second-order valence-electron chi connectivity index (χ2n) is 6.85. The fourth-order valence-corrected chi connectivity index (χ4v) is 3.54. The number of benzene rings is 1. The number of rotatable bonds is 3. The number of nitrogens with zero attached hydrogens (tertiary/aromatic N) is 5. The SMILES string of the molecule is Cc1cc(Cl)ccc1Nc1nc(N2CC(C)OC(C)C2)nc2nccnc12. The Hall–Kier alpha value is -2.51. The number of aromatic nitrogens is 4. The van der Waals surface area contributed by atoms with Gasteiger partial charge in [0.15, 0.2) is 17.0 Å². The van der Waals surface area contributed by atoms with Gasteiger partial charge in [0.25, 0.3) is 0 Å². The standard InChI is InChI=1S/C19H21ClN6O/c1-11-8-14(20)4-5-15(11)23-18-16-17(22-7-6-21-16)24-19(25-18)26-9-12(2)27-13(3)10-26/h4-8,12-13H,9-10H2,1-3H3,(H,22,23,24,25). The van der Waals surface area contributed by atoms with E-state index in [-0.39, 0.29) is 12.2 Å². The zero-order valence-electron chi connectivity index (χ0n) is 15.5. The third kappa shape index (κ3) is 3.79. The van der Waals surface area contributed by atoms with E-state index in [0.29, 0.717) is 28.0 Å². The van der Waals surface area contributed by atoms with Gasteiger partial charge in [-0.15, -0.1) is 0 Å². The van der Waals surface area contributed by atoms with Gasteiger partial charge in [-0.05, 0) is 44.5 Å². The highest BCUT2D eigenvalue weighted by molar-refractivity contribution is 6.30. The van der Waals surface area contributed by atoms with E-state index in [0.717, 1.165) is 24.3 Å². The minimum Gasteiger partial charge on any atom is -0.372 e. The smallest absolute Gasteiger partial charge is 0.229 e. The van der Waals surface area contributed by atoms with Crippen LogP contribution in [0, 0.1) is 6.92 Å². The molecule has 4 rings (SSSR count). The summed E-state index contributed by atoms with van der Waals surface area (Å²) in [6.45, 7) is 7.57. The molecular weight excluding hydrogens is 364 g/mol. The summed E-state index contributed by atoms with van der Waals surface area (Å²) in [6, 6.07) is 5.68. The van der Waals surface area contributed by atoms with E-state index in [9.17, 15) is 0 Å². The highest BCUT2D eigenvalue weighted by atomic mass is 35.5. The van der Waals surface area contributed by atoms with Crippen LogP contribution in [0.3, 0.4) is 0 Å². The highest BCUT2D eigenvalue weighted by Crippen LogP contribution is 2.28. The van der Waals surface area contributed by atoms with Crippen molar-refractivity contribution >= 4 is 40.2 Å². The summed E-state index contributed by atoms with van der Waals surface area (Å²) in [7, 11) is 0. The molecule has 1 aliphatic rings. The van der Waals surface area contributed by atoms with Crippen LogP contribution in [0.2, 0.25) is 5.02 Å². The molecule has 0 amide bonds. The predicted octanol–water partition coefficient (Wildman–Crippen LogP) is 3.74. The van der Waals surface area contributed by atoms with Crippen molar-refractivity contribution < 1.29 is 4.74 Å². The number of ether oxygens (including phenoxy) is 1. The van der Waals surface area contributed by atoms with Crippen LogP contribution in [-0.4, -0.2) is 45.2 Å². The number of aryl methyl sites for hydroxylation is 1. The maximum absolute atomic E-state index is 6.07. The maximum Gasteiger partial charge on any atom is 0.229 e. The van der Waals surface area contributed by atoms with Gasteiger partial charge >= 0.3 is 0 Å². The van der Waals surface area contributed by atoms with Gasteiger partial charge in [0.1, 0.15) is 0 Å². The summed E-state index contributed by atoms with van der Waals surface area (Å²) < 4.78 is 5.82. The Morgan fingerprint density at radius 2 is 1.85 bits per heavy atom. The lowest BCUT2D eigenvalue weighted by atomic mass is 10.2. The molecule has 3 heterocycles. The average molecular weight is 385 g/mol. The summed E-state index contributed by atoms with van der Waals surface area (Å²) in [5, 5.41) is 4.07. The number of morpholine rings is 1. The molecule has 0 spiro atoms. The van der Waals surface area contributed by atoms with Gasteiger partial charge in [0, 0.05) is 36.2 Å². The number of anilines is 3. The number of nitrogens with one attached hydrogen (secondary N) is 1. The first kappa shape index (κ1) is 17.9. The fourth-order valence-electron chi connectivity index (χ4n) is 3.32. The van der Waals surface area contributed by atoms with Crippen molar-refractivity contribution in [1.29, 1.82) is 0 Å². The van der Waals surface area contributed by atoms with Crippen LogP contribution in [0.4, 0.5) is 17.5 Å². The fraction of sp³-hybridized carbons (Fsp3) is 0.368. The van der Waals surface area contributed by atoms with E-state index in [1.807, 2.05) is 25.1 Å². The molecule has 1 aromatic carbocycles. The number of fused-ring (bicyclic) bond motifs is 1. The largest absolute Gasteiger partial charge is 0.372 e. The van der Waals surface area contributed by atoms with Crippen LogP contribution in [0.5, 0.6) is 0 Å². The molecule has 3 aromatic rings. The number of hydrogen-bond donors (Lipinski definition) is 1. The van der Waals surface area contributed by atoms with Crippen molar-refractivity contribution in [2.45, 2.75) is 33.0 Å². The second kappa shape index (κ2) is 7.25. The summed E-state index contributed by atoms with van der Waals surface area (Å²) in [4.78, 5) is 20.3. The van der Waals surface area contributed by atoms with Crippen molar-refractivity contribution in [2.75, 3.05) is 23.3 Å². The normalized spacial score (nSPS) is 20.1. The van der Waals surface area contributed by atoms with E-state index >= 15 is 0 Å². The van der Waals surface area contributed by atoms with Gasteiger partial charge in [0.05, 0.1) is 12.2 Å². The van der Waals surface area contributed by atoms with Crippen LogP contribution >= 0.6 is 11.6 Å². The molecule has 2 unspecified atom stereocenters. The Balaban J connectivity index is 1.76. The van der Waals surface area contributed by atoms with E-state index in [1.54, 1.807) is 12.4 Å². The Kier molecular flexibility index (Phi) is 4.80. The summed E-state index contributed by atoms with van der Waals surface area (Å²) >= 11 is 6.07. The molecule has 1 N–H and O–H groups in total. The lowest BCUT2D eigenvalue weighted by Crippen LogP contribution is -2.46. The van der Waals surface area contributed by atoms with Gasteiger partial charge in [-0.1, -0.05) is 11.6 Å². The average Bonchev–Trinajstić information content (AvgIpc) is 2.63. The first-order valence-corrected chi connectivity index (χ1v) is 9.30. The number of halogens is 1. The van der Waals surface area contributed by atoms with Crippen LogP contribution in [0.25, 0.3) is 11.2 Å². The van der Waals surface area contributed by atoms with Crippen molar-refractivity contribution in [1.82, 2.24) is 19.9 Å². The molecule has 1 aliphatic heterocycles. The first-order chi connectivity index (χ1) is 13.0. The topological polar surface area (TPSA) is 76.1 Å². The minimum atomic E-state index is 0.116. The molecular formula is C19H21ClN6O. The zero-order valence-corrected chi connectivity index (χ0v) is 16.2. The number of hydrogen-bond acceptors (Lipinski definition) is 7. The van der Waals surface area contributed by atoms with E-state index < -0.39 is 0 Å². The molecule has 27 heavy (non-hydrogen) atoms. The van der Waals surface area contributed by atoms with Gasteiger partial charge in [-0.25, -0.2) is 9.97 Å². The van der Waals surface area contributed by atoms with Crippen LogP contribution in [0.1, 0.15) is 19.4 Å². The molecule has 1 fully saturated rings. The summed E-state index contributed by atoms with van der Waals surface area (Å²) in [6.07, 6.45) is 3.51. The Bertz CT molecular complexity index is 972. The quantitative estimate of drug-likeness (QED) is 0.737. The van der Waals surface area contributed by atoms with Gasteiger partial charge < -0.3 is 15.0 Å². The monoisotopic (exact) mass is 384 g/mol. The predicted molar refractivity (Wildman–Crippen MR) is 107 cm³/mol. The molecule has 2 atom stereocenters. The van der Waals surface area contributed by atoms with Crippen LogP contribution in [-0.2, 0) is 4.74 Å². The Morgan fingerprint density at radius 3 is 2.59 bits per heavy atom. The van der Waals surface area contributed by atoms with Gasteiger partial charge in [-0.3, -0.25) is 0 Å². The lowest BCUT2D eigenvalue weighted by Gasteiger charge is -2.35. The first-order valence-electron chi connectivity index (χ1n) is 8.92. The van der Waals surface area contributed by atoms with Crippen molar-refractivity contribution in [3.8, 4) is 0 Å². The van der Waals surface area contributed by atoms with Crippen LogP contribution < -0.4 is 10.2 Å². The van der Waals surface area contributed by atoms with Crippen LogP contribution in [0.15, 0.2) is 30.6 Å². The third-order valence-corrected chi connectivity index (χ3v) is 4.70. The third-order valence-electron chi connectivity index (χ3n) is 4.46. The molecule has 7 nitrogen and oxygen atoms in total. The molecule has 2 aromatic heterocycles. The summed E-state index contributed by atoms with van der Waals surface area (Å²) in [5.74, 6) is 1.25. The highest BCUT2D eigenvalue weighted by Gasteiger charge is 2.25. The molecule has 140 valence electrons. The van der Waals surface area contributed by atoms with E-state index in [1.165, 1.54) is 0 Å². The summed E-state index contributed by atoms with van der Waals surface area (Å²) in [5.41, 5.74) is 3.13. The second-order valence-corrected chi connectivity index (χ2v) is 7.28. The molecule has 0 aliphatic carbocycles. The Labute approximate surface area is 162 Å².